The molecule has 40 heavy (non-hydrogen) atoms. The van der Waals surface area contributed by atoms with E-state index in [0.717, 1.165) is 97.0 Å². The first-order valence-corrected chi connectivity index (χ1v) is 16.1. The molecule has 0 saturated heterocycles. The molecule has 0 saturated carbocycles. The number of benzene rings is 2. The Balaban J connectivity index is 0.00000800. The van der Waals surface area contributed by atoms with Gasteiger partial charge in [-0.1, -0.05) is 92.2 Å². The van der Waals surface area contributed by atoms with Crippen LogP contribution in [0.1, 0.15) is 128 Å². The van der Waals surface area contributed by atoms with Gasteiger partial charge in [0, 0.05) is 17.7 Å². The zero-order chi connectivity index (χ0) is 28.8. The molecule has 4 nitrogen and oxygen atoms in total. The zero-order valence-corrected chi connectivity index (χ0v) is 27.9. The minimum absolute atomic E-state index is 0. The second-order valence-corrected chi connectivity index (χ2v) is 12.9. The van der Waals surface area contributed by atoms with Gasteiger partial charge in [0.05, 0.1) is 25.1 Å². The average Bonchev–Trinajstić information content (AvgIpc) is 2.87. The van der Waals surface area contributed by atoms with Gasteiger partial charge in [-0.25, -0.2) is 0 Å². The Labute approximate surface area is 260 Å². The van der Waals surface area contributed by atoms with Crippen LogP contribution in [0.25, 0.3) is 0 Å². The van der Waals surface area contributed by atoms with Crippen molar-refractivity contribution in [3.63, 3.8) is 0 Å². The van der Waals surface area contributed by atoms with Gasteiger partial charge in [0.2, 0.25) is 0 Å². The fraction of sp³-hybridized carbons (Fsp3) is 0.618. The summed E-state index contributed by atoms with van der Waals surface area (Å²) in [7, 11) is -0.0918. The molecule has 0 aliphatic carbocycles. The minimum Gasteiger partial charge on any atom is -1.00 e. The van der Waals surface area contributed by atoms with E-state index in [2.05, 4.69) is 67.5 Å². The van der Waals surface area contributed by atoms with Crippen LogP contribution in [0.4, 0.5) is 0 Å². The maximum Gasteiger partial charge on any atom is 1.00 e. The number of carbonyl (C=O) groups is 1. The third-order valence-corrected chi connectivity index (χ3v) is 8.15. The number of hydrogen-bond acceptors (Lipinski definition) is 4. The summed E-state index contributed by atoms with van der Waals surface area (Å²) in [6.07, 6.45) is 9.76. The van der Waals surface area contributed by atoms with Crippen molar-refractivity contribution in [3.8, 4) is 17.2 Å². The van der Waals surface area contributed by atoms with Gasteiger partial charge in [-0.05, 0) is 63.8 Å². The van der Waals surface area contributed by atoms with Crippen LogP contribution in [-0.2, 0) is 5.41 Å². The molecule has 1 unspecified atom stereocenters. The van der Waals surface area contributed by atoms with E-state index in [1.165, 1.54) is 5.56 Å². The molecule has 2 aromatic carbocycles. The second kappa shape index (κ2) is 18.9. The standard InChI is InChI=1S/C34H53O4P.Li.H/c1-9-12-15-18-36-28-23-29(37-19-16-13-10-2)32(30(24-28)38-20-17-14-11-3)39-33(35)31-25(4)21-27(22-26(31)5)34(6,7)8;;/h21-24,39H,9-20H2,1-8H3;;/q;+1;-1. The summed E-state index contributed by atoms with van der Waals surface area (Å²) in [5.74, 6) is 2.20. The van der Waals surface area contributed by atoms with Crippen molar-refractivity contribution in [1.29, 1.82) is 0 Å². The summed E-state index contributed by atoms with van der Waals surface area (Å²) < 4.78 is 18.8. The Morgan fingerprint density at radius 1 is 0.725 bits per heavy atom. The summed E-state index contributed by atoms with van der Waals surface area (Å²) in [4.78, 5) is 13.9. The second-order valence-electron chi connectivity index (χ2n) is 11.7. The van der Waals surface area contributed by atoms with Crippen LogP contribution in [0.15, 0.2) is 24.3 Å². The maximum absolute atomic E-state index is 13.9. The van der Waals surface area contributed by atoms with E-state index >= 15 is 0 Å². The summed E-state index contributed by atoms with van der Waals surface area (Å²) in [6.45, 7) is 19.2. The Morgan fingerprint density at radius 3 is 1.55 bits per heavy atom. The predicted molar refractivity (Wildman–Crippen MR) is 170 cm³/mol. The summed E-state index contributed by atoms with van der Waals surface area (Å²) in [5, 5.41) is 0.854. The quantitative estimate of drug-likeness (QED) is 0.117. The van der Waals surface area contributed by atoms with E-state index in [0.29, 0.717) is 19.8 Å². The van der Waals surface area contributed by atoms with Crippen molar-refractivity contribution < 1.29 is 39.3 Å². The van der Waals surface area contributed by atoms with E-state index in [1.54, 1.807) is 0 Å². The van der Waals surface area contributed by atoms with Gasteiger partial charge in [-0.3, -0.25) is 4.79 Å². The smallest absolute Gasteiger partial charge is 1.00 e. The first-order chi connectivity index (χ1) is 18.6. The molecule has 220 valence electrons. The van der Waals surface area contributed by atoms with Crippen LogP contribution >= 0.6 is 8.58 Å². The molecule has 0 bridgehead atoms. The van der Waals surface area contributed by atoms with Crippen molar-refractivity contribution in [2.45, 2.75) is 119 Å². The SMILES string of the molecule is CCCCCOc1cc(OCCCCC)c(PC(=O)c2c(C)cc(C(C)(C)C)cc2C)c(OCCCCC)c1.[H-].[Li+]. The van der Waals surface area contributed by atoms with Gasteiger partial charge in [-0.15, -0.1) is 0 Å². The van der Waals surface area contributed by atoms with Crippen LogP contribution in [-0.4, -0.2) is 25.3 Å². The molecule has 0 heterocycles. The normalized spacial score (nSPS) is 11.5. The first-order valence-electron chi connectivity index (χ1n) is 15.1. The summed E-state index contributed by atoms with van der Waals surface area (Å²) in [5.41, 5.74) is 4.29. The van der Waals surface area contributed by atoms with E-state index in [4.69, 9.17) is 14.2 Å². The number of ether oxygens (including phenoxy) is 3. The number of hydrogen-bond donors (Lipinski definition) is 0. The molecule has 0 aliphatic heterocycles. The molecule has 1 atom stereocenters. The number of carbonyl (C=O) groups excluding carboxylic acids is 1. The van der Waals surface area contributed by atoms with Crippen molar-refractivity contribution in [2.75, 3.05) is 19.8 Å². The van der Waals surface area contributed by atoms with Gasteiger partial charge in [0.25, 0.3) is 0 Å². The molecular formula is C34H54LiO4P. The number of unbranched alkanes of at least 4 members (excludes halogenated alkanes) is 6. The fourth-order valence-corrected chi connectivity index (χ4v) is 5.82. The Kier molecular flexibility index (Phi) is 17.2. The molecule has 0 aliphatic rings. The monoisotopic (exact) mass is 564 g/mol. The molecule has 6 heteroatoms. The van der Waals surface area contributed by atoms with Gasteiger partial charge in [0.1, 0.15) is 17.2 Å². The number of rotatable bonds is 18. The van der Waals surface area contributed by atoms with Crippen molar-refractivity contribution in [3.05, 3.63) is 46.5 Å². The maximum atomic E-state index is 13.9. The Hall–Kier alpha value is -1.46. The minimum atomic E-state index is -0.0918. The molecule has 0 fully saturated rings. The van der Waals surface area contributed by atoms with Crippen LogP contribution in [0.2, 0.25) is 0 Å². The van der Waals surface area contributed by atoms with Crippen molar-refractivity contribution in [2.24, 2.45) is 0 Å². The molecule has 2 rings (SSSR count). The van der Waals surface area contributed by atoms with E-state index in [-0.39, 0.29) is 39.8 Å². The topological polar surface area (TPSA) is 44.8 Å². The van der Waals surface area contributed by atoms with Gasteiger partial charge in [-0.2, -0.15) is 0 Å². The van der Waals surface area contributed by atoms with E-state index < -0.39 is 0 Å². The van der Waals surface area contributed by atoms with Gasteiger partial charge >= 0.3 is 18.9 Å². The van der Waals surface area contributed by atoms with Crippen molar-refractivity contribution >= 4 is 19.4 Å². The van der Waals surface area contributed by atoms with Crippen LogP contribution in [0, 0.1) is 13.8 Å². The van der Waals surface area contributed by atoms with Crippen LogP contribution < -0.4 is 38.4 Å². The molecular weight excluding hydrogens is 510 g/mol. The van der Waals surface area contributed by atoms with E-state index in [1.807, 2.05) is 12.1 Å². The third-order valence-electron chi connectivity index (χ3n) is 6.93. The van der Waals surface area contributed by atoms with E-state index in [9.17, 15) is 4.79 Å². The molecule has 0 aromatic heterocycles. The molecule has 0 radical (unpaired) electrons. The van der Waals surface area contributed by atoms with Gasteiger partial charge in [0.15, 0.2) is 5.52 Å². The number of aryl methyl sites for hydroxylation is 2. The summed E-state index contributed by atoms with van der Waals surface area (Å²) in [6, 6.07) is 8.27. The van der Waals surface area contributed by atoms with Gasteiger partial charge < -0.3 is 15.6 Å². The Morgan fingerprint density at radius 2 is 1.15 bits per heavy atom. The van der Waals surface area contributed by atoms with Crippen molar-refractivity contribution in [1.82, 2.24) is 0 Å². The average molecular weight is 565 g/mol. The largest absolute Gasteiger partial charge is 1.00 e. The molecule has 0 spiro atoms. The molecule has 2 aromatic rings. The first kappa shape index (κ1) is 36.6. The zero-order valence-electron chi connectivity index (χ0n) is 27.9. The molecule has 0 amide bonds. The summed E-state index contributed by atoms with van der Waals surface area (Å²) >= 11 is 0. The fourth-order valence-electron chi connectivity index (χ4n) is 4.54. The molecule has 0 N–H and O–H groups in total. The van der Waals surface area contributed by atoms with Crippen LogP contribution in [0.5, 0.6) is 17.2 Å². The third kappa shape index (κ3) is 11.8. The predicted octanol–water partition coefficient (Wildman–Crippen LogP) is 6.57. The Bertz CT molecular complexity index is 995. The van der Waals surface area contributed by atoms with Crippen LogP contribution in [0.3, 0.4) is 0 Å².